The quantitative estimate of drug-likeness (QED) is 0.256. The van der Waals surface area contributed by atoms with Gasteiger partial charge in [-0.15, -0.1) is 0 Å². The summed E-state index contributed by atoms with van der Waals surface area (Å²) >= 11 is 0. The third-order valence-electron chi connectivity index (χ3n) is 7.19. The van der Waals surface area contributed by atoms with Crippen molar-refractivity contribution < 1.29 is 43.1 Å². The van der Waals surface area contributed by atoms with E-state index in [-0.39, 0.29) is 24.8 Å². The molecular formula is C32H44N2O9. The second-order valence-corrected chi connectivity index (χ2v) is 11.6. The molecule has 0 fully saturated rings. The first-order valence-electron chi connectivity index (χ1n) is 14.7. The first-order chi connectivity index (χ1) is 20.5. The molecule has 2 aliphatic heterocycles. The number of fused-ring (bicyclic) bond motifs is 2. The van der Waals surface area contributed by atoms with Gasteiger partial charge in [-0.3, -0.25) is 9.69 Å². The summed E-state index contributed by atoms with van der Waals surface area (Å²) in [5, 5.41) is 9.77. The zero-order valence-corrected chi connectivity index (χ0v) is 26.1. The van der Waals surface area contributed by atoms with Crippen LogP contribution < -0.4 is 18.9 Å². The number of amides is 2. The van der Waals surface area contributed by atoms with E-state index in [0.29, 0.717) is 75.4 Å². The summed E-state index contributed by atoms with van der Waals surface area (Å²) < 4.78 is 33.9. The van der Waals surface area contributed by atoms with Gasteiger partial charge in [-0.2, -0.15) is 0 Å². The Bertz CT molecular complexity index is 1290. The van der Waals surface area contributed by atoms with Gasteiger partial charge in [0, 0.05) is 52.0 Å². The SMILES string of the molecule is CCOC(O)CCC(=O)N1Cc2cc(OC)c(OCCCOc3cc4c(cc3OC)CN(C(=O)OC(C)(C)C)C4)cc2C1. The smallest absolute Gasteiger partial charge is 0.410 e. The molecule has 2 aromatic rings. The average molecular weight is 601 g/mol. The van der Waals surface area contributed by atoms with Crippen molar-refractivity contribution in [2.45, 2.75) is 85.0 Å². The average Bonchev–Trinajstić information content (AvgIpc) is 3.57. The van der Waals surface area contributed by atoms with Crippen molar-refractivity contribution >= 4 is 12.0 Å². The fourth-order valence-electron chi connectivity index (χ4n) is 5.09. The molecule has 11 nitrogen and oxygen atoms in total. The minimum Gasteiger partial charge on any atom is -0.493 e. The number of aliphatic hydroxyl groups excluding tert-OH is 1. The summed E-state index contributed by atoms with van der Waals surface area (Å²) in [7, 11) is 3.19. The normalized spacial score (nSPS) is 14.7. The van der Waals surface area contributed by atoms with E-state index >= 15 is 0 Å². The number of ether oxygens (including phenoxy) is 6. The minimum atomic E-state index is -0.929. The molecule has 43 heavy (non-hydrogen) atoms. The molecule has 0 aliphatic carbocycles. The lowest BCUT2D eigenvalue weighted by molar-refractivity contribution is -0.137. The maximum absolute atomic E-state index is 12.7. The van der Waals surface area contributed by atoms with Crippen molar-refractivity contribution in [3.63, 3.8) is 0 Å². The zero-order valence-electron chi connectivity index (χ0n) is 26.1. The molecule has 1 N–H and O–H groups in total. The molecule has 0 spiro atoms. The van der Waals surface area contributed by atoms with Crippen molar-refractivity contribution in [3.8, 4) is 23.0 Å². The van der Waals surface area contributed by atoms with Crippen molar-refractivity contribution in [1.82, 2.24) is 9.80 Å². The monoisotopic (exact) mass is 600 g/mol. The number of carbonyl (C=O) groups excluding carboxylic acids is 2. The molecule has 2 amide bonds. The number of hydrogen-bond donors (Lipinski definition) is 1. The van der Waals surface area contributed by atoms with Crippen molar-refractivity contribution in [1.29, 1.82) is 0 Å². The maximum atomic E-state index is 12.7. The number of carbonyl (C=O) groups is 2. The Morgan fingerprint density at radius 3 is 1.72 bits per heavy atom. The van der Waals surface area contributed by atoms with E-state index in [2.05, 4.69) is 0 Å². The van der Waals surface area contributed by atoms with E-state index in [1.165, 1.54) is 0 Å². The van der Waals surface area contributed by atoms with Gasteiger partial charge in [0.15, 0.2) is 29.3 Å². The molecule has 0 saturated heterocycles. The highest BCUT2D eigenvalue weighted by Gasteiger charge is 2.29. The summed E-state index contributed by atoms with van der Waals surface area (Å²) in [6.45, 7) is 10.4. The van der Waals surface area contributed by atoms with Crippen LogP contribution in [0.1, 0.15) is 69.2 Å². The second kappa shape index (κ2) is 14.2. The molecular weight excluding hydrogens is 556 g/mol. The molecule has 2 aliphatic rings. The number of rotatable bonds is 13. The van der Waals surface area contributed by atoms with Crippen LogP contribution in [0, 0.1) is 0 Å². The predicted molar refractivity (Wildman–Crippen MR) is 158 cm³/mol. The van der Waals surface area contributed by atoms with Gasteiger partial charge < -0.3 is 38.4 Å². The first-order valence-corrected chi connectivity index (χ1v) is 14.7. The molecule has 0 aromatic heterocycles. The molecule has 0 saturated carbocycles. The van der Waals surface area contributed by atoms with Crippen LogP contribution in [0.2, 0.25) is 0 Å². The lowest BCUT2D eigenvalue weighted by Crippen LogP contribution is -2.33. The highest BCUT2D eigenvalue weighted by Crippen LogP contribution is 2.37. The van der Waals surface area contributed by atoms with Crippen LogP contribution in [0.4, 0.5) is 4.79 Å². The third kappa shape index (κ3) is 8.45. The van der Waals surface area contributed by atoms with E-state index in [4.69, 9.17) is 28.4 Å². The Kier molecular flexibility index (Phi) is 10.6. The van der Waals surface area contributed by atoms with Gasteiger partial charge in [0.25, 0.3) is 0 Å². The van der Waals surface area contributed by atoms with Gasteiger partial charge in [-0.25, -0.2) is 4.79 Å². The Morgan fingerprint density at radius 1 is 0.814 bits per heavy atom. The molecule has 1 unspecified atom stereocenters. The van der Waals surface area contributed by atoms with E-state index < -0.39 is 11.9 Å². The summed E-state index contributed by atoms with van der Waals surface area (Å²) in [5.41, 5.74) is 3.47. The molecule has 0 bridgehead atoms. The van der Waals surface area contributed by atoms with Crippen LogP contribution in [0.25, 0.3) is 0 Å². The van der Waals surface area contributed by atoms with E-state index in [9.17, 15) is 14.7 Å². The summed E-state index contributed by atoms with van der Waals surface area (Å²) in [6, 6.07) is 7.68. The number of methoxy groups -OCH3 is 2. The van der Waals surface area contributed by atoms with Crippen molar-refractivity contribution in [2.24, 2.45) is 0 Å². The standard InChI is InChI=1S/C32H44N2O9/c1-7-40-30(36)10-9-29(35)33-17-21-13-25(38-5)27(15-23(21)18-33)41-11-8-12-42-28-16-24-20-34(31(37)43-32(2,3)4)19-22(24)14-26(28)39-6/h13-16,30,36H,7-12,17-20H2,1-6H3. The number of nitrogens with zero attached hydrogens (tertiary/aromatic N) is 2. The van der Waals surface area contributed by atoms with Crippen LogP contribution in [-0.4, -0.2) is 72.8 Å². The number of aliphatic hydroxyl groups is 1. The predicted octanol–water partition coefficient (Wildman–Crippen LogP) is 4.78. The first kappa shape index (κ1) is 32.2. The Balaban J connectivity index is 1.28. The summed E-state index contributed by atoms with van der Waals surface area (Å²) in [4.78, 5) is 28.6. The van der Waals surface area contributed by atoms with Crippen LogP contribution in [0.3, 0.4) is 0 Å². The second-order valence-electron chi connectivity index (χ2n) is 11.6. The lowest BCUT2D eigenvalue weighted by Gasteiger charge is -2.24. The van der Waals surface area contributed by atoms with Crippen LogP contribution >= 0.6 is 0 Å². The molecule has 2 heterocycles. The Labute approximate surface area is 253 Å². The fraction of sp³-hybridized carbons (Fsp3) is 0.562. The third-order valence-corrected chi connectivity index (χ3v) is 7.19. The number of hydrogen-bond acceptors (Lipinski definition) is 9. The molecule has 2 aromatic carbocycles. The topological polar surface area (TPSA) is 116 Å². The van der Waals surface area contributed by atoms with Gasteiger partial charge in [0.05, 0.1) is 27.4 Å². The molecule has 0 radical (unpaired) electrons. The van der Waals surface area contributed by atoms with Crippen LogP contribution in [0.5, 0.6) is 23.0 Å². The van der Waals surface area contributed by atoms with Crippen LogP contribution in [-0.2, 0) is 40.4 Å². The van der Waals surface area contributed by atoms with Gasteiger partial charge in [-0.1, -0.05) is 0 Å². The van der Waals surface area contributed by atoms with E-state index in [1.54, 1.807) is 30.9 Å². The highest BCUT2D eigenvalue weighted by atomic mass is 16.6. The van der Waals surface area contributed by atoms with Crippen molar-refractivity contribution in [3.05, 3.63) is 46.5 Å². The zero-order chi connectivity index (χ0) is 31.1. The Morgan fingerprint density at radius 2 is 1.28 bits per heavy atom. The van der Waals surface area contributed by atoms with E-state index in [1.807, 2.05) is 45.0 Å². The van der Waals surface area contributed by atoms with Gasteiger partial charge in [-0.05, 0) is 74.2 Å². The van der Waals surface area contributed by atoms with Crippen LogP contribution in [0.15, 0.2) is 24.3 Å². The van der Waals surface area contributed by atoms with Gasteiger partial charge in [0.2, 0.25) is 5.91 Å². The highest BCUT2D eigenvalue weighted by molar-refractivity contribution is 5.77. The summed E-state index contributed by atoms with van der Waals surface area (Å²) in [6.07, 6.45) is -0.187. The Hall–Kier alpha value is -3.70. The van der Waals surface area contributed by atoms with Gasteiger partial charge >= 0.3 is 6.09 Å². The largest absolute Gasteiger partial charge is 0.493 e. The summed E-state index contributed by atoms with van der Waals surface area (Å²) in [5.74, 6) is 2.40. The molecule has 236 valence electrons. The lowest BCUT2D eigenvalue weighted by atomic mass is 10.1. The number of benzene rings is 2. The molecule has 11 heteroatoms. The molecule has 1 atom stereocenters. The molecule has 4 rings (SSSR count). The van der Waals surface area contributed by atoms with E-state index in [0.717, 1.165) is 22.3 Å². The van der Waals surface area contributed by atoms with Crippen molar-refractivity contribution in [2.75, 3.05) is 34.0 Å². The minimum absolute atomic E-state index is 0.0342. The van der Waals surface area contributed by atoms with Gasteiger partial charge in [0.1, 0.15) is 5.60 Å². The maximum Gasteiger partial charge on any atom is 0.410 e. The fourth-order valence-corrected chi connectivity index (χ4v) is 5.09.